The Morgan fingerprint density at radius 2 is 1.81 bits per heavy atom. The maximum Gasteiger partial charge on any atom is 0.326 e. The zero-order valence-corrected chi connectivity index (χ0v) is 12.3. The SMILES string of the molecule is CN1C2CCC1CN(C(=O)N1C[C@H](O)C[C@@H]1C(=O)O)CC2. The fourth-order valence-corrected chi connectivity index (χ4v) is 3.92. The van der Waals surface area contributed by atoms with Gasteiger partial charge in [0.25, 0.3) is 0 Å². The normalized spacial score (nSPS) is 36.9. The van der Waals surface area contributed by atoms with E-state index in [2.05, 4.69) is 11.9 Å². The zero-order valence-electron chi connectivity index (χ0n) is 12.3. The number of aliphatic hydroxyl groups excluding tert-OH is 1. The topological polar surface area (TPSA) is 84.3 Å². The van der Waals surface area contributed by atoms with Crippen LogP contribution < -0.4 is 0 Å². The van der Waals surface area contributed by atoms with Gasteiger partial charge in [-0.25, -0.2) is 9.59 Å². The van der Waals surface area contributed by atoms with Crippen LogP contribution in [-0.4, -0.2) is 87.8 Å². The van der Waals surface area contributed by atoms with Crippen LogP contribution in [0.5, 0.6) is 0 Å². The molecule has 2 bridgehead atoms. The summed E-state index contributed by atoms with van der Waals surface area (Å²) < 4.78 is 0. The third-order valence-electron chi connectivity index (χ3n) is 5.23. The first-order valence-electron chi connectivity index (χ1n) is 7.65. The molecule has 118 valence electrons. The average Bonchev–Trinajstić information content (AvgIpc) is 2.90. The molecule has 3 saturated heterocycles. The molecule has 0 radical (unpaired) electrons. The number of likely N-dealkylation sites (tertiary alicyclic amines) is 2. The number of aliphatic hydroxyl groups is 1. The molecule has 0 aromatic carbocycles. The minimum absolute atomic E-state index is 0.121. The van der Waals surface area contributed by atoms with Crippen LogP contribution in [0.1, 0.15) is 25.7 Å². The number of nitrogens with zero attached hydrogens (tertiary/aromatic N) is 3. The van der Waals surface area contributed by atoms with Crippen molar-refractivity contribution in [2.45, 2.75) is 49.9 Å². The van der Waals surface area contributed by atoms with E-state index >= 15 is 0 Å². The molecule has 0 aromatic heterocycles. The van der Waals surface area contributed by atoms with Gasteiger partial charge in [-0.2, -0.15) is 0 Å². The summed E-state index contributed by atoms with van der Waals surface area (Å²) in [6, 6.07) is -0.227. The summed E-state index contributed by atoms with van der Waals surface area (Å²) in [5, 5.41) is 18.9. The van der Waals surface area contributed by atoms with E-state index in [9.17, 15) is 19.8 Å². The molecular weight excluding hydrogens is 274 g/mol. The number of carbonyl (C=O) groups is 2. The van der Waals surface area contributed by atoms with Crippen LogP contribution >= 0.6 is 0 Å². The highest BCUT2D eigenvalue weighted by molar-refractivity contribution is 5.83. The van der Waals surface area contributed by atoms with Gasteiger partial charge in [-0.3, -0.25) is 4.90 Å². The van der Waals surface area contributed by atoms with Gasteiger partial charge in [0, 0.05) is 38.1 Å². The highest BCUT2D eigenvalue weighted by atomic mass is 16.4. The second-order valence-corrected chi connectivity index (χ2v) is 6.46. The monoisotopic (exact) mass is 297 g/mol. The van der Waals surface area contributed by atoms with Crippen molar-refractivity contribution in [3.8, 4) is 0 Å². The number of hydrogen-bond donors (Lipinski definition) is 2. The summed E-state index contributed by atoms with van der Waals surface area (Å²) in [4.78, 5) is 29.4. The Bertz CT molecular complexity index is 444. The predicted molar refractivity (Wildman–Crippen MR) is 74.9 cm³/mol. The fraction of sp³-hybridized carbons (Fsp3) is 0.857. The van der Waals surface area contributed by atoms with Crippen molar-refractivity contribution in [3.63, 3.8) is 0 Å². The number of likely N-dealkylation sites (N-methyl/N-ethyl adjacent to an activating group) is 1. The molecule has 2 amide bonds. The van der Waals surface area contributed by atoms with Crippen molar-refractivity contribution in [1.29, 1.82) is 0 Å². The first kappa shape index (κ1) is 14.6. The number of carboxylic acids is 1. The Kier molecular flexibility index (Phi) is 3.79. The third-order valence-corrected chi connectivity index (χ3v) is 5.23. The molecule has 0 spiro atoms. The van der Waals surface area contributed by atoms with Crippen LogP contribution in [0.2, 0.25) is 0 Å². The number of urea groups is 1. The summed E-state index contributed by atoms with van der Waals surface area (Å²) in [6.45, 7) is 1.45. The van der Waals surface area contributed by atoms with E-state index in [1.165, 1.54) is 11.3 Å². The Morgan fingerprint density at radius 1 is 1.10 bits per heavy atom. The van der Waals surface area contributed by atoms with E-state index < -0.39 is 18.1 Å². The number of carbonyl (C=O) groups excluding carboxylic acids is 1. The van der Waals surface area contributed by atoms with Crippen molar-refractivity contribution in [3.05, 3.63) is 0 Å². The third kappa shape index (κ3) is 2.60. The van der Waals surface area contributed by atoms with Crippen LogP contribution in [0.3, 0.4) is 0 Å². The van der Waals surface area contributed by atoms with Crippen molar-refractivity contribution in [2.75, 3.05) is 26.7 Å². The minimum atomic E-state index is -1.03. The molecule has 0 aliphatic carbocycles. The maximum absolute atomic E-state index is 12.7. The molecule has 21 heavy (non-hydrogen) atoms. The molecule has 2 unspecified atom stereocenters. The van der Waals surface area contributed by atoms with Gasteiger partial charge in [-0.1, -0.05) is 0 Å². The summed E-state index contributed by atoms with van der Waals surface area (Å²) in [7, 11) is 2.11. The number of β-amino-alcohol motifs (C(OH)–C–C–N with tert-alkyl or cyclic N) is 1. The van der Waals surface area contributed by atoms with Gasteiger partial charge in [0.05, 0.1) is 6.10 Å². The lowest BCUT2D eigenvalue weighted by molar-refractivity contribution is -0.141. The molecule has 7 nitrogen and oxygen atoms in total. The maximum atomic E-state index is 12.7. The van der Waals surface area contributed by atoms with Crippen LogP contribution in [0.15, 0.2) is 0 Å². The Labute approximate surface area is 124 Å². The number of rotatable bonds is 1. The lowest BCUT2D eigenvalue weighted by Gasteiger charge is -2.31. The largest absolute Gasteiger partial charge is 0.480 e. The standard InChI is InChI=1S/C14H23N3O4/c1-15-9-2-3-10(15)7-16(5-4-9)14(21)17-8-11(18)6-12(17)13(19)20/h9-12,18H,2-8H2,1H3,(H,19,20)/t9?,10?,11-,12-/m1/s1. The number of fused-ring (bicyclic) bond motifs is 2. The summed E-state index contributed by atoms with van der Waals surface area (Å²) in [5.41, 5.74) is 0. The van der Waals surface area contributed by atoms with Gasteiger partial charge in [0.1, 0.15) is 6.04 Å². The summed E-state index contributed by atoms with van der Waals surface area (Å²) >= 11 is 0. The van der Waals surface area contributed by atoms with Gasteiger partial charge in [-0.15, -0.1) is 0 Å². The number of amides is 2. The van der Waals surface area contributed by atoms with Crippen LogP contribution in [-0.2, 0) is 4.79 Å². The lowest BCUT2D eigenvalue weighted by Crippen LogP contribution is -2.50. The quantitative estimate of drug-likeness (QED) is 0.700. The molecule has 2 N–H and O–H groups in total. The van der Waals surface area contributed by atoms with E-state index in [1.54, 1.807) is 4.90 Å². The number of aliphatic carboxylic acids is 1. The Balaban J connectivity index is 1.71. The zero-order chi connectivity index (χ0) is 15.1. The molecule has 3 aliphatic rings. The van der Waals surface area contributed by atoms with Crippen molar-refractivity contribution in [1.82, 2.24) is 14.7 Å². The highest BCUT2D eigenvalue weighted by Gasteiger charge is 2.43. The Hall–Kier alpha value is -1.34. The molecular formula is C14H23N3O4. The molecule has 3 fully saturated rings. The first-order chi connectivity index (χ1) is 9.97. The summed E-state index contributed by atoms with van der Waals surface area (Å²) in [5.74, 6) is -1.03. The van der Waals surface area contributed by atoms with Crippen molar-refractivity contribution in [2.24, 2.45) is 0 Å². The molecule has 0 aromatic rings. The van der Waals surface area contributed by atoms with E-state index in [0.29, 0.717) is 25.2 Å². The van der Waals surface area contributed by atoms with Crippen LogP contribution in [0.4, 0.5) is 4.79 Å². The second-order valence-electron chi connectivity index (χ2n) is 6.46. The summed E-state index contributed by atoms with van der Waals surface area (Å²) in [6.07, 6.45) is 2.61. The second kappa shape index (κ2) is 5.46. The van der Waals surface area contributed by atoms with Crippen LogP contribution in [0.25, 0.3) is 0 Å². The van der Waals surface area contributed by atoms with E-state index in [0.717, 1.165) is 12.8 Å². The fourth-order valence-electron chi connectivity index (χ4n) is 3.92. The molecule has 0 saturated carbocycles. The molecule has 3 rings (SSSR count). The van der Waals surface area contributed by atoms with E-state index in [-0.39, 0.29) is 19.0 Å². The van der Waals surface area contributed by atoms with Gasteiger partial charge in [0.2, 0.25) is 0 Å². The smallest absolute Gasteiger partial charge is 0.326 e. The van der Waals surface area contributed by atoms with Gasteiger partial charge < -0.3 is 20.0 Å². The van der Waals surface area contributed by atoms with Gasteiger partial charge >= 0.3 is 12.0 Å². The molecule has 7 heteroatoms. The number of carboxylic acid groups (broad SMARTS) is 1. The Morgan fingerprint density at radius 3 is 2.52 bits per heavy atom. The average molecular weight is 297 g/mol. The van der Waals surface area contributed by atoms with Crippen molar-refractivity contribution < 1.29 is 19.8 Å². The lowest BCUT2D eigenvalue weighted by atomic mass is 10.1. The van der Waals surface area contributed by atoms with E-state index in [1.807, 2.05) is 0 Å². The molecule has 4 atom stereocenters. The number of hydrogen-bond acceptors (Lipinski definition) is 4. The van der Waals surface area contributed by atoms with Gasteiger partial charge in [-0.05, 0) is 26.3 Å². The molecule has 3 aliphatic heterocycles. The first-order valence-corrected chi connectivity index (χ1v) is 7.65. The predicted octanol–water partition coefficient (Wildman–Crippen LogP) is -0.205. The minimum Gasteiger partial charge on any atom is -0.480 e. The highest BCUT2D eigenvalue weighted by Crippen LogP contribution is 2.29. The molecule has 3 heterocycles. The van der Waals surface area contributed by atoms with Gasteiger partial charge in [0.15, 0.2) is 0 Å². The van der Waals surface area contributed by atoms with Crippen molar-refractivity contribution >= 4 is 12.0 Å². The van der Waals surface area contributed by atoms with Crippen LogP contribution in [0, 0.1) is 0 Å². The van der Waals surface area contributed by atoms with E-state index in [4.69, 9.17) is 0 Å².